The number of anilines is 1. The summed E-state index contributed by atoms with van der Waals surface area (Å²) in [6.45, 7) is 0. The van der Waals surface area contributed by atoms with E-state index in [9.17, 15) is 14.0 Å². The number of H-pyrrole nitrogens is 1. The van der Waals surface area contributed by atoms with Crippen molar-refractivity contribution in [3.63, 3.8) is 0 Å². The average molecular weight is 565 g/mol. The summed E-state index contributed by atoms with van der Waals surface area (Å²) >= 11 is 1.21. The highest BCUT2D eigenvalue weighted by molar-refractivity contribution is 7.99. The Balaban J connectivity index is 1.33. The highest BCUT2D eigenvalue weighted by Crippen LogP contribution is 2.32. The lowest BCUT2D eigenvalue weighted by atomic mass is 10.1. The molecule has 0 aliphatic rings. The van der Waals surface area contributed by atoms with Crippen molar-refractivity contribution in [3.8, 4) is 28.5 Å². The summed E-state index contributed by atoms with van der Waals surface area (Å²) in [5, 5.41) is 30.6. The number of halogens is 1. The fourth-order valence-electron chi connectivity index (χ4n) is 4.39. The number of aromatic nitrogens is 5. The predicted octanol–water partition coefficient (Wildman–Crippen LogP) is 6.05. The Morgan fingerprint density at radius 2 is 1.68 bits per heavy atom. The van der Waals surface area contributed by atoms with Gasteiger partial charge in [0.15, 0.2) is 11.0 Å². The van der Waals surface area contributed by atoms with Crippen molar-refractivity contribution in [1.29, 1.82) is 0 Å². The largest absolute Gasteiger partial charge is 0.478 e. The summed E-state index contributed by atoms with van der Waals surface area (Å²) in [6.07, 6.45) is 0. The Bertz CT molecular complexity index is 1880. The minimum Gasteiger partial charge on any atom is -0.478 e. The van der Waals surface area contributed by atoms with Crippen LogP contribution in [0.4, 0.5) is 10.1 Å². The first-order chi connectivity index (χ1) is 20.0. The van der Waals surface area contributed by atoms with E-state index in [1.807, 2.05) is 53.1 Å². The first-order valence-corrected chi connectivity index (χ1v) is 13.5. The molecule has 0 aliphatic heterocycles. The van der Waals surface area contributed by atoms with E-state index in [-0.39, 0.29) is 23.0 Å². The van der Waals surface area contributed by atoms with Crippen LogP contribution in [-0.2, 0) is 4.79 Å². The summed E-state index contributed by atoms with van der Waals surface area (Å²) in [6, 6.07) is 27.7. The molecule has 0 atom stereocenters. The minimum atomic E-state index is -1.04. The SMILES string of the molecule is O=C(CSc1nnc(-c2cc(-c3ccc(F)cc3)n[nH]2)n1-c1cccc2ccccc12)Nc1ccc(C(=O)O)cc1. The van der Waals surface area contributed by atoms with Crippen LogP contribution < -0.4 is 5.32 Å². The fourth-order valence-corrected chi connectivity index (χ4v) is 5.13. The Morgan fingerprint density at radius 3 is 2.46 bits per heavy atom. The molecule has 4 aromatic carbocycles. The van der Waals surface area contributed by atoms with Gasteiger partial charge in [0.1, 0.15) is 11.5 Å². The van der Waals surface area contributed by atoms with Gasteiger partial charge in [-0.2, -0.15) is 5.10 Å². The second-order valence-electron chi connectivity index (χ2n) is 9.03. The highest BCUT2D eigenvalue weighted by Gasteiger charge is 2.21. The summed E-state index contributed by atoms with van der Waals surface area (Å²) < 4.78 is 15.3. The number of amides is 1. The van der Waals surface area contributed by atoms with Crippen LogP contribution in [0.25, 0.3) is 39.2 Å². The molecule has 11 heteroatoms. The topological polar surface area (TPSA) is 126 Å². The number of nitrogens with one attached hydrogen (secondary N) is 2. The molecule has 0 bridgehead atoms. The summed E-state index contributed by atoms with van der Waals surface area (Å²) in [5.41, 5.74) is 3.41. The molecule has 0 spiro atoms. The van der Waals surface area contributed by atoms with E-state index in [2.05, 4.69) is 25.7 Å². The van der Waals surface area contributed by atoms with E-state index in [1.54, 1.807) is 24.3 Å². The predicted molar refractivity (Wildman–Crippen MR) is 155 cm³/mol. The average Bonchev–Trinajstić information content (AvgIpc) is 3.64. The van der Waals surface area contributed by atoms with Gasteiger partial charge in [0.2, 0.25) is 5.91 Å². The molecule has 1 amide bonds. The van der Waals surface area contributed by atoms with Gasteiger partial charge in [0, 0.05) is 16.6 Å². The van der Waals surface area contributed by atoms with Crippen LogP contribution in [0.1, 0.15) is 10.4 Å². The molecule has 41 heavy (non-hydrogen) atoms. The van der Waals surface area contributed by atoms with Crippen molar-refractivity contribution in [2.75, 3.05) is 11.1 Å². The lowest BCUT2D eigenvalue weighted by Crippen LogP contribution is -2.14. The maximum atomic E-state index is 13.4. The number of hydrogen-bond donors (Lipinski definition) is 3. The molecular formula is C30H21FN6O3S. The number of benzene rings is 4. The molecule has 0 saturated heterocycles. The second-order valence-corrected chi connectivity index (χ2v) is 9.98. The van der Waals surface area contributed by atoms with Crippen LogP contribution in [0.5, 0.6) is 0 Å². The molecule has 0 fully saturated rings. The number of hydrogen-bond acceptors (Lipinski definition) is 6. The number of rotatable bonds is 8. The Labute approximate surface area is 237 Å². The summed E-state index contributed by atoms with van der Waals surface area (Å²) in [5.74, 6) is -1.12. The molecule has 2 aromatic heterocycles. The molecular weight excluding hydrogens is 543 g/mol. The smallest absolute Gasteiger partial charge is 0.335 e. The van der Waals surface area contributed by atoms with Crippen molar-refractivity contribution in [2.45, 2.75) is 5.16 Å². The first kappa shape index (κ1) is 26.0. The fraction of sp³-hybridized carbons (Fsp3) is 0.0333. The first-order valence-electron chi connectivity index (χ1n) is 12.5. The maximum absolute atomic E-state index is 13.4. The van der Waals surface area contributed by atoms with E-state index in [4.69, 9.17) is 5.11 Å². The van der Waals surface area contributed by atoms with E-state index < -0.39 is 5.97 Å². The van der Waals surface area contributed by atoms with E-state index in [0.29, 0.717) is 28.1 Å². The molecule has 6 aromatic rings. The van der Waals surface area contributed by atoms with Crippen molar-refractivity contribution < 1.29 is 19.1 Å². The van der Waals surface area contributed by atoms with Gasteiger partial charge in [-0.25, -0.2) is 9.18 Å². The monoisotopic (exact) mass is 564 g/mol. The van der Waals surface area contributed by atoms with E-state index >= 15 is 0 Å². The number of fused-ring (bicyclic) bond motifs is 1. The zero-order valence-corrected chi connectivity index (χ0v) is 22.1. The van der Waals surface area contributed by atoms with Crippen molar-refractivity contribution >= 4 is 40.1 Å². The Hall–Kier alpha value is -5.29. The lowest BCUT2D eigenvalue weighted by Gasteiger charge is -2.12. The molecule has 3 N–H and O–H groups in total. The third kappa shape index (κ3) is 5.43. The number of carbonyl (C=O) groups is 2. The van der Waals surface area contributed by atoms with Gasteiger partial charge < -0.3 is 10.4 Å². The van der Waals surface area contributed by atoms with Crippen LogP contribution in [0, 0.1) is 5.82 Å². The van der Waals surface area contributed by atoms with Crippen LogP contribution in [-0.4, -0.2) is 47.7 Å². The molecule has 2 heterocycles. The van der Waals surface area contributed by atoms with Gasteiger partial charge in [-0.15, -0.1) is 10.2 Å². The van der Waals surface area contributed by atoms with Gasteiger partial charge in [-0.3, -0.25) is 14.5 Å². The zero-order chi connectivity index (χ0) is 28.3. The molecule has 0 aliphatic carbocycles. The second kappa shape index (κ2) is 11.1. The van der Waals surface area contributed by atoms with Crippen LogP contribution in [0.3, 0.4) is 0 Å². The van der Waals surface area contributed by atoms with E-state index in [0.717, 1.165) is 22.0 Å². The Morgan fingerprint density at radius 1 is 0.927 bits per heavy atom. The van der Waals surface area contributed by atoms with E-state index in [1.165, 1.54) is 36.0 Å². The molecule has 0 unspecified atom stereocenters. The van der Waals surface area contributed by atoms with Gasteiger partial charge in [-0.1, -0.05) is 48.2 Å². The number of nitrogens with zero attached hydrogens (tertiary/aromatic N) is 4. The maximum Gasteiger partial charge on any atom is 0.335 e. The molecule has 0 radical (unpaired) electrons. The van der Waals surface area contributed by atoms with Crippen LogP contribution in [0.15, 0.2) is 102 Å². The number of carboxylic acid groups (broad SMARTS) is 1. The minimum absolute atomic E-state index is 0.0351. The number of thioether (sulfide) groups is 1. The van der Waals surface area contributed by atoms with Gasteiger partial charge in [-0.05, 0) is 66.0 Å². The zero-order valence-electron chi connectivity index (χ0n) is 21.3. The lowest BCUT2D eigenvalue weighted by molar-refractivity contribution is -0.113. The molecule has 0 saturated carbocycles. The van der Waals surface area contributed by atoms with Gasteiger partial charge in [0.25, 0.3) is 0 Å². The highest BCUT2D eigenvalue weighted by atomic mass is 32.2. The van der Waals surface area contributed by atoms with Gasteiger partial charge >= 0.3 is 5.97 Å². The number of carboxylic acids is 1. The molecule has 9 nitrogen and oxygen atoms in total. The summed E-state index contributed by atoms with van der Waals surface area (Å²) in [7, 11) is 0. The van der Waals surface area contributed by atoms with Crippen molar-refractivity contribution in [3.05, 3.63) is 108 Å². The molecule has 6 rings (SSSR count). The summed E-state index contributed by atoms with van der Waals surface area (Å²) in [4.78, 5) is 23.9. The molecule has 202 valence electrons. The van der Waals surface area contributed by atoms with Crippen molar-refractivity contribution in [1.82, 2.24) is 25.0 Å². The Kier molecular flexibility index (Phi) is 7.00. The van der Waals surface area contributed by atoms with Gasteiger partial charge in [0.05, 0.1) is 22.7 Å². The number of aromatic carboxylic acids is 1. The number of aromatic amines is 1. The normalized spacial score (nSPS) is 11.0. The quantitative estimate of drug-likeness (QED) is 0.192. The van der Waals surface area contributed by atoms with Crippen molar-refractivity contribution in [2.24, 2.45) is 0 Å². The van der Waals surface area contributed by atoms with Crippen LogP contribution in [0.2, 0.25) is 0 Å². The third-order valence-corrected chi connectivity index (χ3v) is 7.28. The van der Waals surface area contributed by atoms with Crippen LogP contribution >= 0.6 is 11.8 Å². The standard InChI is InChI=1S/C30H21FN6O3S/c31-21-12-8-19(9-13-21)24-16-25(34-33-24)28-35-36-30(37(28)26-7-3-5-18-4-1-2-6-23(18)26)41-17-27(38)32-22-14-10-20(11-15-22)29(39)40/h1-16H,17H2,(H,32,38)(H,33,34)(H,39,40). The number of carbonyl (C=O) groups excluding carboxylic acids is 1. The third-order valence-electron chi connectivity index (χ3n) is 6.35.